The summed E-state index contributed by atoms with van der Waals surface area (Å²) in [5.74, 6) is 6.56. The SMILES string of the molecule is NCC#Cc1cccc(OCCn2cc(Cl)cn2)c1. The van der Waals surface area contributed by atoms with Crippen molar-refractivity contribution in [2.75, 3.05) is 13.2 Å². The van der Waals surface area contributed by atoms with Crippen LogP contribution in [0.3, 0.4) is 0 Å². The van der Waals surface area contributed by atoms with Crippen LogP contribution in [0.25, 0.3) is 0 Å². The maximum absolute atomic E-state index is 5.78. The smallest absolute Gasteiger partial charge is 0.120 e. The number of rotatable bonds is 4. The zero-order chi connectivity index (χ0) is 13.5. The van der Waals surface area contributed by atoms with E-state index in [0.29, 0.717) is 24.7 Å². The molecule has 1 heterocycles. The molecule has 0 unspecified atom stereocenters. The second kappa shape index (κ2) is 6.83. The fourth-order valence-electron chi connectivity index (χ4n) is 1.53. The van der Waals surface area contributed by atoms with Crippen molar-refractivity contribution < 1.29 is 4.74 Å². The van der Waals surface area contributed by atoms with Gasteiger partial charge in [0.05, 0.1) is 24.3 Å². The number of nitrogens with two attached hydrogens (primary N) is 1. The minimum atomic E-state index is 0.352. The lowest BCUT2D eigenvalue weighted by molar-refractivity contribution is 0.291. The Balaban J connectivity index is 1.89. The van der Waals surface area contributed by atoms with E-state index < -0.39 is 0 Å². The zero-order valence-electron chi connectivity index (χ0n) is 10.3. The van der Waals surface area contributed by atoms with Crippen LogP contribution in [0.1, 0.15) is 5.56 Å². The molecular formula is C14H14ClN3O. The summed E-state index contributed by atoms with van der Waals surface area (Å²) in [6.45, 7) is 1.52. The fourth-order valence-corrected chi connectivity index (χ4v) is 1.69. The molecule has 0 aliphatic heterocycles. The van der Waals surface area contributed by atoms with Crippen LogP contribution in [0, 0.1) is 11.8 Å². The summed E-state index contributed by atoms with van der Waals surface area (Å²) in [6.07, 6.45) is 3.36. The van der Waals surface area contributed by atoms with Gasteiger partial charge < -0.3 is 10.5 Å². The molecule has 0 atom stereocenters. The van der Waals surface area contributed by atoms with E-state index in [0.717, 1.165) is 11.3 Å². The van der Waals surface area contributed by atoms with Crippen molar-refractivity contribution in [1.82, 2.24) is 9.78 Å². The van der Waals surface area contributed by atoms with Crippen LogP contribution < -0.4 is 10.5 Å². The number of nitrogens with zero attached hydrogens (tertiary/aromatic N) is 2. The van der Waals surface area contributed by atoms with Crippen LogP contribution in [0.5, 0.6) is 5.75 Å². The van der Waals surface area contributed by atoms with Crippen LogP contribution in [0.15, 0.2) is 36.7 Å². The van der Waals surface area contributed by atoms with Crippen molar-refractivity contribution in [3.05, 3.63) is 47.2 Å². The van der Waals surface area contributed by atoms with E-state index in [9.17, 15) is 0 Å². The Labute approximate surface area is 117 Å². The predicted octanol–water partition coefficient (Wildman–Crippen LogP) is 1.93. The number of aromatic nitrogens is 2. The van der Waals surface area contributed by atoms with Crippen molar-refractivity contribution in [3.63, 3.8) is 0 Å². The molecule has 0 aliphatic carbocycles. The fraction of sp³-hybridized carbons (Fsp3) is 0.214. The molecule has 0 spiro atoms. The van der Waals surface area contributed by atoms with Gasteiger partial charge in [0, 0.05) is 11.8 Å². The van der Waals surface area contributed by atoms with Gasteiger partial charge >= 0.3 is 0 Å². The highest BCUT2D eigenvalue weighted by atomic mass is 35.5. The molecule has 0 radical (unpaired) electrons. The normalized spacial score (nSPS) is 9.79. The molecule has 2 rings (SSSR count). The van der Waals surface area contributed by atoms with Gasteiger partial charge in [-0.15, -0.1) is 0 Å². The lowest BCUT2D eigenvalue weighted by atomic mass is 10.2. The third kappa shape index (κ3) is 4.32. The Morgan fingerprint density at radius 3 is 3.05 bits per heavy atom. The summed E-state index contributed by atoms with van der Waals surface area (Å²) in [7, 11) is 0. The van der Waals surface area contributed by atoms with Crippen LogP contribution in [-0.4, -0.2) is 22.9 Å². The second-order valence-corrected chi connectivity index (χ2v) is 4.24. The van der Waals surface area contributed by atoms with Crippen LogP contribution >= 0.6 is 11.6 Å². The molecule has 0 saturated heterocycles. The molecule has 0 fully saturated rings. The maximum atomic E-state index is 5.78. The van der Waals surface area contributed by atoms with E-state index in [4.69, 9.17) is 22.1 Å². The van der Waals surface area contributed by atoms with E-state index in [1.54, 1.807) is 17.1 Å². The van der Waals surface area contributed by atoms with Crippen molar-refractivity contribution >= 4 is 11.6 Å². The molecule has 2 N–H and O–H groups in total. The molecule has 5 heteroatoms. The summed E-state index contributed by atoms with van der Waals surface area (Å²) in [5.41, 5.74) is 6.23. The monoisotopic (exact) mass is 275 g/mol. The Morgan fingerprint density at radius 2 is 2.32 bits per heavy atom. The van der Waals surface area contributed by atoms with E-state index in [2.05, 4.69) is 16.9 Å². The highest BCUT2D eigenvalue weighted by Crippen LogP contribution is 2.12. The van der Waals surface area contributed by atoms with Gasteiger partial charge in [-0.3, -0.25) is 4.68 Å². The average Bonchev–Trinajstić information content (AvgIpc) is 2.83. The zero-order valence-corrected chi connectivity index (χ0v) is 11.1. The second-order valence-electron chi connectivity index (χ2n) is 3.80. The number of halogens is 1. The minimum Gasteiger partial charge on any atom is -0.492 e. The van der Waals surface area contributed by atoms with Crippen molar-refractivity contribution in [1.29, 1.82) is 0 Å². The van der Waals surface area contributed by atoms with Crippen LogP contribution in [0.2, 0.25) is 5.02 Å². The number of ether oxygens (including phenoxy) is 1. The lowest BCUT2D eigenvalue weighted by Crippen LogP contribution is -2.08. The standard InChI is InChI=1S/C14H14ClN3O/c15-13-10-17-18(11-13)7-8-19-14-5-1-3-12(9-14)4-2-6-16/h1,3,5,9-11H,6-8,16H2. The van der Waals surface area contributed by atoms with Crippen molar-refractivity contribution in [2.45, 2.75) is 6.54 Å². The van der Waals surface area contributed by atoms with Gasteiger partial charge in [0.25, 0.3) is 0 Å². The quantitative estimate of drug-likeness (QED) is 0.868. The lowest BCUT2D eigenvalue weighted by Gasteiger charge is -2.06. The number of benzene rings is 1. The van der Waals surface area contributed by atoms with Gasteiger partial charge in [0.1, 0.15) is 12.4 Å². The molecule has 4 nitrogen and oxygen atoms in total. The minimum absolute atomic E-state index is 0.352. The Bertz CT molecular complexity index is 598. The number of hydrogen-bond donors (Lipinski definition) is 1. The Morgan fingerprint density at radius 1 is 1.42 bits per heavy atom. The molecule has 0 aliphatic rings. The van der Waals surface area contributed by atoms with Gasteiger partial charge in [-0.05, 0) is 18.2 Å². The summed E-state index contributed by atoms with van der Waals surface area (Å²) in [5, 5.41) is 4.70. The van der Waals surface area contributed by atoms with E-state index in [-0.39, 0.29) is 0 Å². The van der Waals surface area contributed by atoms with Crippen LogP contribution in [-0.2, 0) is 6.54 Å². The van der Waals surface area contributed by atoms with E-state index in [1.807, 2.05) is 24.3 Å². The van der Waals surface area contributed by atoms with Crippen molar-refractivity contribution in [3.8, 4) is 17.6 Å². The number of hydrogen-bond acceptors (Lipinski definition) is 3. The van der Waals surface area contributed by atoms with Gasteiger partial charge in [0.15, 0.2) is 0 Å². The van der Waals surface area contributed by atoms with Gasteiger partial charge in [-0.2, -0.15) is 5.10 Å². The third-order valence-electron chi connectivity index (χ3n) is 2.36. The molecule has 2 aromatic rings. The molecular weight excluding hydrogens is 262 g/mol. The largest absolute Gasteiger partial charge is 0.492 e. The molecule has 1 aromatic heterocycles. The maximum Gasteiger partial charge on any atom is 0.120 e. The molecule has 0 bridgehead atoms. The first-order valence-corrected chi connectivity index (χ1v) is 6.25. The van der Waals surface area contributed by atoms with Gasteiger partial charge in [-0.25, -0.2) is 0 Å². The summed E-state index contributed by atoms with van der Waals surface area (Å²) < 4.78 is 7.37. The molecule has 0 amide bonds. The highest BCUT2D eigenvalue weighted by Gasteiger charge is 1.97. The van der Waals surface area contributed by atoms with Crippen molar-refractivity contribution in [2.24, 2.45) is 5.73 Å². The summed E-state index contributed by atoms with van der Waals surface area (Å²) in [6, 6.07) is 7.60. The molecule has 19 heavy (non-hydrogen) atoms. The van der Waals surface area contributed by atoms with Gasteiger partial charge in [-0.1, -0.05) is 29.5 Å². The first-order chi connectivity index (χ1) is 9.28. The van der Waals surface area contributed by atoms with Gasteiger partial charge in [0.2, 0.25) is 0 Å². The topological polar surface area (TPSA) is 53.1 Å². The Kier molecular flexibility index (Phi) is 4.85. The van der Waals surface area contributed by atoms with Crippen LogP contribution in [0.4, 0.5) is 0 Å². The molecule has 0 saturated carbocycles. The molecule has 1 aromatic carbocycles. The average molecular weight is 276 g/mol. The van der Waals surface area contributed by atoms with E-state index in [1.165, 1.54) is 0 Å². The molecule has 98 valence electrons. The first kappa shape index (κ1) is 13.5. The predicted molar refractivity (Wildman–Crippen MR) is 75.1 cm³/mol. The summed E-state index contributed by atoms with van der Waals surface area (Å²) in [4.78, 5) is 0. The highest BCUT2D eigenvalue weighted by molar-refractivity contribution is 6.30. The first-order valence-electron chi connectivity index (χ1n) is 5.87. The van der Waals surface area contributed by atoms with E-state index >= 15 is 0 Å². The Hall–Kier alpha value is -1.96. The summed E-state index contributed by atoms with van der Waals surface area (Å²) >= 11 is 5.78. The third-order valence-corrected chi connectivity index (χ3v) is 2.55.